The van der Waals surface area contributed by atoms with Crippen molar-refractivity contribution in [2.24, 2.45) is 0 Å². The lowest BCUT2D eigenvalue weighted by molar-refractivity contribution is -0.136. The summed E-state index contributed by atoms with van der Waals surface area (Å²) in [7, 11) is 1.44. The average Bonchev–Trinajstić information content (AvgIpc) is 3.34. The summed E-state index contributed by atoms with van der Waals surface area (Å²) in [6.07, 6.45) is 4.85. The largest absolute Gasteiger partial charge is 0.491 e. The number of unbranched alkanes of at least 4 members (excludes halogenated alkanes) is 1. The molecular weight excluding hydrogens is 458 g/mol. The fourth-order valence-electron chi connectivity index (χ4n) is 4.13. The standard InChI is InChI=1S/C29H33NO4S/c1-3-4-15-33-16-17-34-26-10-7-22(8-11-26)23-9-12-28-25(19-23)20-24(29(31)32-2)13-14-30(28)21-27-6-5-18-35-27/h5-12,18-20H,3-4,13-17,21H2,1-2H3. The third-order valence-corrected chi connectivity index (χ3v) is 6.91. The van der Waals surface area contributed by atoms with E-state index in [9.17, 15) is 4.79 Å². The summed E-state index contributed by atoms with van der Waals surface area (Å²) >= 11 is 1.75. The number of hydrogen-bond acceptors (Lipinski definition) is 6. The van der Waals surface area contributed by atoms with Crippen molar-refractivity contribution in [2.45, 2.75) is 32.7 Å². The van der Waals surface area contributed by atoms with Crippen molar-refractivity contribution in [3.63, 3.8) is 0 Å². The fourth-order valence-corrected chi connectivity index (χ4v) is 4.85. The second-order valence-electron chi connectivity index (χ2n) is 8.52. The molecule has 4 rings (SSSR count). The number of fused-ring (bicyclic) bond motifs is 1. The molecule has 0 bridgehead atoms. The van der Waals surface area contributed by atoms with Crippen molar-refractivity contribution < 1.29 is 19.0 Å². The summed E-state index contributed by atoms with van der Waals surface area (Å²) in [5, 5.41) is 2.10. The van der Waals surface area contributed by atoms with E-state index in [4.69, 9.17) is 14.2 Å². The Kier molecular flexibility index (Phi) is 8.98. The Morgan fingerprint density at radius 1 is 1.03 bits per heavy atom. The Bertz CT molecular complexity index is 1120. The molecule has 35 heavy (non-hydrogen) atoms. The van der Waals surface area contributed by atoms with E-state index in [0.717, 1.165) is 60.7 Å². The van der Waals surface area contributed by atoms with Gasteiger partial charge < -0.3 is 19.1 Å². The maximum atomic E-state index is 12.4. The van der Waals surface area contributed by atoms with E-state index >= 15 is 0 Å². The number of hydrogen-bond donors (Lipinski definition) is 0. The van der Waals surface area contributed by atoms with Crippen LogP contribution in [0, 0.1) is 0 Å². The van der Waals surface area contributed by atoms with Gasteiger partial charge in [-0.05, 0) is 71.3 Å². The zero-order chi connectivity index (χ0) is 24.5. The summed E-state index contributed by atoms with van der Waals surface area (Å²) in [5.41, 5.74) is 5.05. The fraction of sp³-hybridized carbons (Fsp3) is 0.345. The molecule has 0 spiro atoms. The Morgan fingerprint density at radius 2 is 1.86 bits per heavy atom. The third-order valence-electron chi connectivity index (χ3n) is 6.05. The minimum absolute atomic E-state index is 0.264. The van der Waals surface area contributed by atoms with Crippen molar-refractivity contribution in [2.75, 3.05) is 38.4 Å². The van der Waals surface area contributed by atoms with E-state index in [-0.39, 0.29) is 5.97 Å². The maximum Gasteiger partial charge on any atom is 0.333 e. The van der Waals surface area contributed by atoms with Gasteiger partial charge in [-0.2, -0.15) is 0 Å². The minimum atomic E-state index is -0.264. The quantitative estimate of drug-likeness (QED) is 0.224. The molecule has 0 saturated carbocycles. The van der Waals surface area contributed by atoms with Crippen molar-refractivity contribution in [3.8, 4) is 16.9 Å². The van der Waals surface area contributed by atoms with Crippen LogP contribution in [0.15, 0.2) is 65.6 Å². The summed E-state index contributed by atoms with van der Waals surface area (Å²) in [6.45, 7) is 5.67. The molecule has 0 atom stereocenters. The molecule has 2 aromatic carbocycles. The average molecular weight is 492 g/mol. The summed E-state index contributed by atoms with van der Waals surface area (Å²) < 4.78 is 16.4. The molecule has 0 radical (unpaired) electrons. The van der Waals surface area contributed by atoms with Crippen LogP contribution < -0.4 is 9.64 Å². The van der Waals surface area contributed by atoms with E-state index < -0.39 is 0 Å². The summed E-state index contributed by atoms with van der Waals surface area (Å²) in [4.78, 5) is 16.0. The van der Waals surface area contributed by atoms with E-state index in [2.05, 4.69) is 59.7 Å². The van der Waals surface area contributed by atoms with Gasteiger partial charge >= 0.3 is 5.97 Å². The lowest BCUT2D eigenvalue weighted by Crippen LogP contribution is -2.24. The molecule has 1 aromatic heterocycles. The topological polar surface area (TPSA) is 48.0 Å². The first-order valence-corrected chi connectivity index (χ1v) is 13.1. The van der Waals surface area contributed by atoms with Crippen LogP contribution in [0.3, 0.4) is 0 Å². The molecule has 6 heteroatoms. The maximum absolute atomic E-state index is 12.4. The lowest BCUT2D eigenvalue weighted by Gasteiger charge is -2.25. The van der Waals surface area contributed by atoms with Crippen LogP contribution >= 0.6 is 11.3 Å². The van der Waals surface area contributed by atoms with Crippen molar-refractivity contribution in [1.29, 1.82) is 0 Å². The molecule has 0 saturated heterocycles. The predicted octanol–water partition coefficient (Wildman–Crippen LogP) is 6.58. The second kappa shape index (κ2) is 12.6. The number of thiophene rings is 1. The van der Waals surface area contributed by atoms with Crippen LogP contribution in [0.4, 0.5) is 5.69 Å². The molecule has 2 heterocycles. The molecule has 1 aliphatic rings. The number of nitrogens with zero attached hydrogens (tertiary/aromatic N) is 1. The smallest absolute Gasteiger partial charge is 0.333 e. The number of rotatable bonds is 11. The Morgan fingerprint density at radius 3 is 2.60 bits per heavy atom. The molecule has 0 N–H and O–H groups in total. The molecule has 5 nitrogen and oxygen atoms in total. The highest BCUT2D eigenvalue weighted by molar-refractivity contribution is 7.09. The van der Waals surface area contributed by atoms with Gasteiger partial charge in [-0.15, -0.1) is 11.3 Å². The normalized spacial score (nSPS) is 13.1. The molecule has 0 fully saturated rings. The highest BCUT2D eigenvalue weighted by Crippen LogP contribution is 2.34. The highest BCUT2D eigenvalue weighted by Gasteiger charge is 2.21. The van der Waals surface area contributed by atoms with Gasteiger partial charge in [-0.25, -0.2) is 4.79 Å². The van der Waals surface area contributed by atoms with Crippen LogP contribution in [-0.4, -0.2) is 39.4 Å². The first-order valence-electron chi connectivity index (χ1n) is 12.2. The molecule has 0 amide bonds. The van der Waals surface area contributed by atoms with Crippen LogP contribution in [0.25, 0.3) is 17.2 Å². The van der Waals surface area contributed by atoms with Crippen LogP contribution in [-0.2, 0) is 20.8 Å². The summed E-state index contributed by atoms with van der Waals surface area (Å²) in [6, 6.07) is 18.8. The van der Waals surface area contributed by atoms with Crippen LogP contribution in [0.1, 0.15) is 36.6 Å². The Labute approximate surface area is 211 Å². The lowest BCUT2D eigenvalue weighted by atomic mass is 10.00. The number of benzene rings is 2. The van der Waals surface area contributed by atoms with E-state index in [0.29, 0.717) is 25.2 Å². The van der Waals surface area contributed by atoms with E-state index in [1.165, 1.54) is 12.0 Å². The number of anilines is 1. The predicted molar refractivity (Wildman–Crippen MR) is 143 cm³/mol. The summed E-state index contributed by atoms with van der Waals surface area (Å²) in [5.74, 6) is 0.567. The van der Waals surface area contributed by atoms with Crippen LogP contribution in [0.5, 0.6) is 5.75 Å². The van der Waals surface area contributed by atoms with Crippen molar-refractivity contribution in [3.05, 3.63) is 76.0 Å². The molecule has 0 unspecified atom stereocenters. The van der Waals surface area contributed by atoms with Gasteiger partial charge in [-0.1, -0.05) is 37.6 Å². The van der Waals surface area contributed by atoms with Crippen molar-refractivity contribution in [1.82, 2.24) is 0 Å². The van der Waals surface area contributed by atoms with Crippen molar-refractivity contribution >= 4 is 29.1 Å². The van der Waals surface area contributed by atoms with Gasteiger partial charge in [0.15, 0.2) is 0 Å². The first kappa shape index (κ1) is 25.0. The number of ether oxygens (including phenoxy) is 3. The van der Waals surface area contributed by atoms with Gasteiger partial charge in [0.1, 0.15) is 12.4 Å². The number of methoxy groups -OCH3 is 1. The number of carbonyl (C=O) groups excluding carboxylic acids is 1. The van der Waals surface area contributed by atoms with E-state index in [1.807, 2.05) is 18.2 Å². The zero-order valence-corrected chi connectivity index (χ0v) is 21.3. The van der Waals surface area contributed by atoms with Gasteiger partial charge in [0.25, 0.3) is 0 Å². The Hall–Kier alpha value is -3.09. The van der Waals surface area contributed by atoms with Crippen LogP contribution in [0.2, 0.25) is 0 Å². The second-order valence-corrected chi connectivity index (χ2v) is 9.56. The number of carbonyl (C=O) groups is 1. The SMILES string of the molecule is CCCCOCCOc1ccc(-c2ccc3c(c2)C=C(C(=O)OC)CCN3Cc2cccs2)cc1. The van der Waals surface area contributed by atoms with E-state index in [1.54, 1.807) is 11.3 Å². The number of esters is 1. The molecule has 0 aliphatic carbocycles. The zero-order valence-electron chi connectivity index (χ0n) is 20.5. The molecule has 3 aromatic rings. The minimum Gasteiger partial charge on any atom is -0.491 e. The Balaban J connectivity index is 1.51. The third kappa shape index (κ3) is 6.74. The molecule has 1 aliphatic heterocycles. The molecular formula is C29H33NO4S. The van der Waals surface area contributed by atoms with Gasteiger partial charge in [0, 0.05) is 29.3 Å². The monoisotopic (exact) mass is 491 g/mol. The van der Waals surface area contributed by atoms with Gasteiger partial charge in [0.05, 0.1) is 20.3 Å². The highest BCUT2D eigenvalue weighted by atomic mass is 32.1. The molecule has 184 valence electrons. The van der Waals surface area contributed by atoms with Gasteiger partial charge in [-0.3, -0.25) is 0 Å². The first-order chi connectivity index (χ1) is 17.2. The van der Waals surface area contributed by atoms with Gasteiger partial charge in [0.2, 0.25) is 0 Å².